The molecule has 0 spiro atoms. The second-order valence-corrected chi connectivity index (χ2v) is 5.25. The molecule has 0 aromatic heterocycles. The zero-order chi connectivity index (χ0) is 15.9. The van der Waals surface area contributed by atoms with Crippen molar-refractivity contribution in [1.82, 2.24) is 0 Å². The van der Waals surface area contributed by atoms with Crippen molar-refractivity contribution in [3.63, 3.8) is 0 Å². The van der Waals surface area contributed by atoms with Gasteiger partial charge in [-0.15, -0.1) is 0 Å². The Morgan fingerprint density at radius 1 is 1.23 bits per heavy atom. The van der Waals surface area contributed by atoms with E-state index in [-0.39, 0.29) is 12.5 Å². The molecule has 0 atom stereocenters. The van der Waals surface area contributed by atoms with Gasteiger partial charge in [0.15, 0.2) is 6.61 Å². The van der Waals surface area contributed by atoms with Gasteiger partial charge in [-0.25, -0.2) is 0 Å². The van der Waals surface area contributed by atoms with Crippen LogP contribution >= 0.6 is 0 Å². The largest absolute Gasteiger partial charge is 0.484 e. The molecule has 0 aliphatic heterocycles. The van der Waals surface area contributed by atoms with Gasteiger partial charge in [-0.3, -0.25) is 4.79 Å². The molecule has 2 aromatic rings. The molecular formula is C18H18N2O2. The van der Waals surface area contributed by atoms with E-state index in [2.05, 4.69) is 19.2 Å². The minimum Gasteiger partial charge on any atom is -0.484 e. The van der Waals surface area contributed by atoms with E-state index in [0.717, 1.165) is 0 Å². The van der Waals surface area contributed by atoms with E-state index in [1.54, 1.807) is 24.3 Å². The molecule has 0 fully saturated rings. The molecule has 112 valence electrons. The molecule has 0 unspecified atom stereocenters. The summed E-state index contributed by atoms with van der Waals surface area (Å²) in [5, 5.41) is 11.5. The molecule has 1 N–H and O–H groups in total. The molecule has 0 heterocycles. The maximum Gasteiger partial charge on any atom is 0.262 e. The van der Waals surface area contributed by atoms with Crippen LogP contribution in [0.25, 0.3) is 0 Å². The third-order valence-corrected chi connectivity index (χ3v) is 3.19. The van der Waals surface area contributed by atoms with Crippen LogP contribution in [0.3, 0.4) is 0 Å². The fraction of sp³-hybridized carbons (Fsp3) is 0.222. The number of hydrogen-bond donors (Lipinski definition) is 1. The number of ether oxygens (including phenoxy) is 1. The number of nitrogens with one attached hydrogen (secondary N) is 1. The molecule has 0 aliphatic rings. The Bertz CT molecular complexity index is 685. The SMILES string of the molecule is CC(C)c1ccc(OCC(=O)Nc2cccc(C#N)c2)cc1. The van der Waals surface area contributed by atoms with Gasteiger partial charge in [0.05, 0.1) is 11.6 Å². The Kier molecular flexibility index (Phi) is 5.16. The van der Waals surface area contributed by atoms with Gasteiger partial charge in [0.1, 0.15) is 5.75 Å². The summed E-state index contributed by atoms with van der Waals surface area (Å²) in [5.74, 6) is 0.859. The predicted octanol–water partition coefficient (Wildman–Crippen LogP) is 3.70. The van der Waals surface area contributed by atoms with E-state index in [4.69, 9.17) is 10.00 Å². The summed E-state index contributed by atoms with van der Waals surface area (Å²) in [5.41, 5.74) is 2.32. The summed E-state index contributed by atoms with van der Waals surface area (Å²) in [7, 11) is 0. The van der Waals surface area contributed by atoms with Gasteiger partial charge in [-0.1, -0.05) is 32.0 Å². The number of benzene rings is 2. The van der Waals surface area contributed by atoms with Crippen LogP contribution in [-0.2, 0) is 4.79 Å². The molecule has 0 aliphatic carbocycles. The minimum absolute atomic E-state index is 0.0716. The number of carbonyl (C=O) groups is 1. The highest BCUT2D eigenvalue weighted by atomic mass is 16.5. The summed E-state index contributed by atoms with van der Waals surface area (Å²) in [6.07, 6.45) is 0. The lowest BCUT2D eigenvalue weighted by molar-refractivity contribution is -0.118. The van der Waals surface area contributed by atoms with Crippen LogP contribution in [0, 0.1) is 11.3 Å². The van der Waals surface area contributed by atoms with E-state index in [0.29, 0.717) is 22.9 Å². The van der Waals surface area contributed by atoms with Crippen LogP contribution in [0.1, 0.15) is 30.9 Å². The highest BCUT2D eigenvalue weighted by Crippen LogP contribution is 2.18. The lowest BCUT2D eigenvalue weighted by Gasteiger charge is -2.09. The quantitative estimate of drug-likeness (QED) is 0.914. The zero-order valence-electron chi connectivity index (χ0n) is 12.7. The second kappa shape index (κ2) is 7.28. The molecule has 0 radical (unpaired) electrons. The van der Waals surface area contributed by atoms with E-state index in [1.165, 1.54) is 5.56 Å². The van der Waals surface area contributed by atoms with Crippen molar-refractivity contribution >= 4 is 11.6 Å². The van der Waals surface area contributed by atoms with Gasteiger partial charge in [0.25, 0.3) is 5.91 Å². The third-order valence-electron chi connectivity index (χ3n) is 3.19. The van der Waals surface area contributed by atoms with Gasteiger partial charge in [-0.2, -0.15) is 5.26 Å². The lowest BCUT2D eigenvalue weighted by Crippen LogP contribution is -2.20. The predicted molar refractivity (Wildman–Crippen MR) is 85.8 cm³/mol. The average Bonchev–Trinajstić information content (AvgIpc) is 2.53. The standard InChI is InChI=1S/C18H18N2O2/c1-13(2)15-6-8-17(9-7-15)22-12-18(21)20-16-5-3-4-14(10-16)11-19/h3-10,13H,12H2,1-2H3,(H,20,21). The van der Waals surface area contributed by atoms with E-state index >= 15 is 0 Å². The van der Waals surface area contributed by atoms with Crippen molar-refractivity contribution < 1.29 is 9.53 Å². The summed E-state index contributed by atoms with van der Waals surface area (Å²) in [6, 6.07) is 16.5. The molecule has 0 saturated carbocycles. The van der Waals surface area contributed by atoms with Crippen LogP contribution in [0.5, 0.6) is 5.75 Å². The smallest absolute Gasteiger partial charge is 0.262 e. The van der Waals surface area contributed by atoms with Crippen molar-refractivity contribution in [2.24, 2.45) is 0 Å². The molecule has 0 saturated heterocycles. The Balaban J connectivity index is 1.88. The van der Waals surface area contributed by atoms with Crippen LogP contribution < -0.4 is 10.1 Å². The molecular weight excluding hydrogens is 276 g/mol. The second-order valence-electron chi connectivity index (χ2n) is 5.25. The van der Waals surface area contributed by atoms with E-state index in [1.807, 2.05) is 30.3 Å². The Labute approximate surface area is 130 Å². The minimum atomic E-state index is -0.261. The monoisotopic (exact) mass is 294 g/mol. The Hall–Kier alpha value is -2.80. The number of nitriles is 1. The van der Waals surface area contributed by atoms with Gasteiger partial charge in [0, 0.05) is 5.69 Å². The van der Waals surface area contributed by atoms with Crippen LogP contribution in [0.15, 0.2) is 48.5 Å². The maximum atomic E-state index is 11.8. The summed E-state index contributed by atoms with van der Waals surface area (Å²) >= 11 is 0. The van der Waals surface area contributed by atoms with Gasteiger partial charge < -0.3 is 10.1 Å². The molecule has 22 heavy (non-hydrogen) atoms. The van der Waals surface area contributed by atoms with Crippen molar-refractivity contribution in [3.8, 4) is 11.8 Å². The highest BCUT2D eigenvalue weighted by Gasteiger charge is 2.05. The first-order valence-electron chi connectivity index (χ1n) is 7.11. The molecule has 1 amide bonds. The first kappa shape index (κ1) is 15.6. The lowest BCUT2D eigenvalue weighted by atomic mass is 10.0. The van der Waals surface area contributed by atoms with Crippen molar-refractivity contribution in [2.75, 3.05) is 11.9 Å². The first-order valence-corrected chi connectivity index (χ1v) is 7.11. The van der Waals surface area contributed by atoms with Crippen LogP contribution in [0.2, 0.25) is 0 Å². The molecule has 4 heteroatoms. The average molecular weight is 294 g/mol. The highest BCUT2D eigenvalue weighted by molar-refractivity contribution is 5.92. The fourth-order valence-corrected chi connectivity index (χ4v) is 1.96. The van der Waals surface area contributed by atoms with E-state index in [9.17, 15) is 4.79 Å². The third kappa shape index (κ3) is 4.35. The topological polar surface area (TPSA) is 62.1 Å². The molecule has 2 rings (SSSR count). The Morgan fingerprint density at radius 3 is 2.59 bits per heavy atom. The number of rotatable bonds is 5. The van der Waals surface area contributed by atoms with Crippen LogP contribution in [-0.4, -0.2) is 12.5 Å². The van der Waals surface area contributed by atoms with Gasteiger partial charge in [-0.05, 0) is 41.8 Å². The fourth-order valence-electron chi connectivity index (χ4n) is 1.96. The molecule has 2 aromatic carbocycles. The normalized spacial score (nSPS) is 10.1. The summed E-state index contributed by atoms with van der Waals surface area (Å²) < 4.78 is 5.45. The number of anilines is 1. The number of nitrogens with zero attached hydrogens (tertiary/aromatic N) is 1. The summed E-state index contributed by atoms with van der Waals surface area (Å²) in [4.78, 5) is 11.8. The first-order chi connectivity index (χ1) is 10.6. The number of amides is 1. The molecule has 0 bridgehead atoms. The maximum absolute atomic E-state index is 11.8. The zero-order valence-corrected chi connectivity index (χ0v) is 12.7. The number of carbonyl (C=O) groups excluding carboxylic acids is 1. The molecule has 4 nitrogen and oxygen atoms in total. The van der Waals surface area contributed by atoms with Crippen molar-refractivity contribution in [3.05, 3.63) is 59.7 Å². The number of hydrogen-bond acceptors (Lipinski definition) is 3. The van der Waals surface area contributed by atoms with Crippen molar-refractivity contribution in [1.29, 1.82) is 5.26 Å². The van der Waals surface area contributed by atoms with Gasteiger partial charge >= 0.3 is 0 Å². The Morgan fingerprint density at radius 2 is 1.95 bits per heavy atom. The van der Waals surface area contributed by atoms with E-state index < -0.39 is 0 Å². The van der Waals surface area contributed by atoms with Gasteiger partial charge in [0.2, 0.25) is 0 Å². The van der Waals surface area contributed by atoms with Crippen LogP contribution in [0.4, 0.5) is 5.69 Å². The van der Waals surface area contributed by atoms with Crippen molar-refractivity contribution in [2.45, 2.75) is 19.8 Å². The summed E-state index contributed by atoms with van der Waals surface area (Å²) in [6.45, 7) is 4.18.